The van der Waals surface area contributed by atoms with E-state index in [2.05, 4.69) is 0 Å². The van der Waals surface area contributed by atoms with Crippen LogP contribution in [0.25, 0.3) is 11.1 Å². The Morgan fingerprint density at radius 3 is 2.39 bits per heavy atom. The van der Waals surface area contributed by atoms with E-state index in [4.69, 9.17) is 5.11 Å². The van der Waals surface area contributed by atoms with Gasteiger partial charge >= 0.3 is 5.97 Å². The zero-order chi connectivity index (χ0) is 16.4. The van der Waals surface area contributed by atoms with E-state index in [1.165, 1.54) is 16.9 Å². The molecule has 0 saturated carbocycles. The molecule has 1 aliphatic rings. The molecule has 1 aromatic carbocycles. The lowest BCUT2D eigenvalue weighted by atomic mass is 9.96. The molecule has 1 aliphatic heterocycles. The Kier molecular flexibility index (Phi) is 4.48. The smallest absolute Gasteiger partial charge is 0.306 e. The molecule has 1 saturated heterocycles. The average molecular weight is 329 g/mol. The van der Waals surface area contributed by atoms with Crippen LogP contribution in [0.4, 0.5) is 0 Å². The fraction of sp³-hybridized carbons (Fsp3) is 0.333. The first-order valence-corrected chi connectivity index (χ1v) is 8.61. The molecular formula is C18H19NO3S. The van der Waals surface area contributed by atoms with Gasteiger partial charge in [0.2, 0.25) is 0 Å². The predicted octanol–water partition coefficient (Wildman–Crippen LogP) is 3.66. The van der Waals surface area contributed by atoms with Crippen molar-refractivity contribution in [2.24, 2.45) is 5.92 Å². The number of carboxylic acids is 1. The van der Waals surface area contributed by atoms with E-state index in [1.54, 1.807) is 4.90 Å². The summed E-state index contributed by atoms with van der Waals surface area (Å²) < 4.78 is 0. The van der Waals surface area contributed by atoms with Crippen LogP contribution in [0.5, 0.6) is 0 Å². The SMILES string of the molecule is Cc1ccc(-c2ccsc2C(=O)N2CCC(C(=O)O)CC2)cc1. The minimum Gasteiger partial charge on any atom is -0.481 e. The number of hydrogen-bond donors (Lipinski definition) is 1. The Morgan fingerprint density at radius 1 is 1.13 bits per heavy atom. The van der Waals surface area contributed by atoms with E-state index in [0.29, 0.717) is 25.9 Å². The van der Waals surface area contributed by atoms with Crippen molar-refractivity contribution in [2.45, 2.75) is 19.8 Å². The van der Waals surface area contributed by atoms with Gasteiger partial charge in [0.1, 0.15) is 0 Å². The predicted molar refractivity (Wildman–Crippen MR) is 90.8 cm³/mol. The van der Waals surface area contributed by atoms with Gasteiger partial charge in [-0.2, -0.15) is 0 Å². The molecule has 0 radical (unpaired) electrons. The number of likely N-dealkylation sites (tertiary alicyclic amines) is 1. The van der Waals surface area contributed by atoms with Gasteiger partial charge in [0.15, 0.2) is 0 Å². The van der Waals surface area contributed by atoms with Crippen molar-refractivity contribution < 1.29 is 14.7 Å². The minimum absolute atomic E-state index is 0.0133. The Morgan fingerprint density at radius 2 is 1.78 bits per heavy atom. The average Bonchev–Trinajstić information content (AvgIpc) is 3.04. The summed E-state index contributed by atoms with van der Waals surface area (Å²) in [7, 11) is 0. The summed E-state index contributed by atoms with van der Waals surface area (Å²) in [6.45, 7) is 3.07. The van der Waals surface area contributed by atoms with Crippen molar-refractivity contribution in [3.8, 4) is 11.1 Å². The van der Waals surface area contributed by atoms with Gasteiger partial charge in [-0.25, -0.2) is 0 Å². The number of carbonyl (C=O) groups is 2. The van der Waals surface area contributed by atoms with E-state index in [0.717, 1.165) is 16.0 Å². The summed E-state index contributed by atoms with van der Waals surface area (Å²) in [5.41, 5.74) is 3.19. The third kappa shape index (κ3) is 3.29. The second kappa shape index (κ2) is 6.54. The molecule has 4 nitrogen and oxygen atoms in total. The molecule has 5 heteroatoms. The first-order valence-electron chi connectivity index (χ1n) is 7.73. The number of rotatable bonds is 3. The van der Waals surface area contributed by atoms with Crippen LogP contribution in [0.15, 0.2) is 35.7 Å². The van der Waals surface area contributed by atoms with Crippen LogP contribution in [-0.4, -0.2) is 35.0 Å². The van der Waals surface area contributed by atoms with E-state index < -0.39 is 5.97 Å². The number of amides is 1. The zero-order valence-corrected chi connectivity index (χ0v) is 13.8. The number of nitrogens with zero attached hydrogens (tertiary/aromatic N) is 1. The molecule has 23 heavy (non-hydrogen) atoms. The maximum absolute atomic E-state index is 12.8. The highest BCUT2D eigenvalue weighted by Crippen LogP contribution is 2.31. The van der Waals surface area contributed by atoms with Crippen molar-refractivity contribution in [3.05, 3.63) is 46.2 Å². The number of carbonyl (C=O) groups excluding carboxylic acids is 1. The normalized spacial score (nSPS) is 15.6. The molecule has 3 rings (SSSR count). The van der Waals surface area contributed by atoms with Crippen molar-refractivity contribution in [1.82, 2.24) is 4.90 Å². The molecule has 1 amide bonds. The third-order valence-electron chi connectivity index (χ3n) is 4.35. The molecule has 2 heterocycles. The first-order chi connectivity index (χ1) is 11.1. The molecule has 1 N–H and O–H groups in total. The molecular weight excluding hydrogens is 310 g/mol. The highest BCUT2D eigenvalue weighted by molar-refractivity contribution is 7.12. The second-order valence-electron chi connectivity index (χ2n) is 5.93. The Labute approximate surface area is 139 Å². The fourth-order valence-electron chi connectivity index (χ4n) is 2.91. The van der Waals surface area contributed by atoms with Gasteiger partial charge < -0.3 is 10.0 Å². The summed E-state index contributed by atoms with van der Waals surface area (Å²) in [6.07, 6.45) is 1.07. The van der Waals surface area contributed by atoms with Crippen LogP contribution in [0.3, 0.4) is 0 Å². The fourth-order valence-corrected chi connectivity index (χ4v) is 3.79. The highest BCUT2D eigenvalue weighted by atomic mass is 32.1. The zero-order valence-electron chi connectivity index (χ0n) is 13.0. The number of aryl methyl sites for hydroxylation is 1. The van der Waals surface area contributed by atoms with Gasteiger partial charge in [-0.3, -0.25) is 9.59 Å². The molecule has 0 spiro atoms. The molecule has 0 bridgehead atoms. The van der Waals surface area contributed by atoms with Crippen LogP contribution < -0.4 is 0 Å². The van der Waals surface area contributed by atoms with E-state index >= 15 is 0 Å². The Balaban J connectivity index is 1.78. The van der Waals surface area contributed by atoms with Crippen molar-refractivity contribution in [3.63, 3.8) is 0 Å². The number of carboxylic acid groups (broad SMARTS) is 1. The summed E-state index contributed by atoms with van der Waals surface area (Å²) in [5, 5.41) is 11.0. The van der Waals surface area contributed by atoms with Crippen LogP contribution in [-0.2, 0) is 4.79 Å². The van der Waals surface area contributed by atoms with E-state index in [1.807, 2.05) is 42.6 Å². The summed E-state index contributed by atoms with van der Waals surface area (Å²) in [6, 6.07) is 10.1. The van der Waals surface area contributed by atoms with Gasteiger partial charge in [-0.15, -0.1) is 11.3 Å². The molecule has 120 valence electrons. The summed E-state index contributed by atoms with van der Waals surface area (Å²) >= 11 is 1.45. The largest absolute Gasteiger partial charge is 0.481 e. The highest BCUT2D eigenvalue weighted by Gasteiger charge is 2.29. The van der Waals surface area contributed by atoms with Gasteiger partial charge in [0.05, 0.1) is 10.8 Å². The third-order valence-corrected chi connectivity index (χ3v) is 5.26. The number of thiophene rings is 1. The van der Waals surface area contributed by atoms with Gasteiger partial charge in [0.25, 0.3) is 5.91 Å². The van der Waals surface area contributed by atoms with Crippen molar-refractivity contribution in [1.29, 1.82) is 0 Å². The number of piperidine rings is 1. The quantitative estimate of drug-likeness (QED) is 0.935. The molecule has 0 aliphatic carbocycles. The summed E-state index contributed by atoms with van der Waals surface area (Å²) in [5.74, 6) is -1.06. The maximum atomic E-state index is 12.8. The standard InChI is InChI=1S/C18H19NO3S/c1-12-2-4-13(5-3-12)15-8-11-23-16(15)17(20)19-9-6-14(7-10-19)18(21)22/h2-5,8,11,14H,6-7,9-10H2,1H3,(H,21,22). The van der Waals surface area contributed by atoms with Crippen LogP contribution in [0.2, 0.25) is 0 Å². The molecule has 2 aromatic rings. The Hall–Kier alpha value is -2.14. The van der Waals surface area contributed by atoms with Crippen LogP contribution in [0.1, 0.15) is 28.1 Å². The van der Waals surface area contributed by atoms with E-state index in [-0.39, 0.29) is 11.8 Å². The first kappa shape index (κ1) is 15.7. The van der Waals surface area contributed by atoms with Gasteiger partial charge in [0, 0.05) is 18.7 Å². The summed E-state index contributed by atoms with van der Waals surface area (Å²) in [4.78, 5) is 26.3. The molecule has 1 aromatic heterocycles. The van der Waals surface area contributed by atoms with Crippen molar-refractivity contribution >= 4 is 23.2 Å². The van der Waals surface area contributed by atoms with Crippen LogP contribution in [0, 0.1) is 12.8 Å². The van der Waals surface area contributed by atoms with Crippen molar-refractivity contribution in [2.75, 3.05) is 13.1 Å². The Bertz CT molecular complexity index is 712. The maximum Gasteiger partial charge on any atom is 0.306 e. The number of hydrogen-bond acceptors (Lipinski definition) is 3. The minimum atomic E-state index is -0.756. The number of aliphatic carboxylic acids is 1. The lowest BCUT2D eigenvalue weighted by Crippen LogP contribution is -2.40. The molecule has 0 atom stereocenters. The monoisotopic (exact) mass is 329 g/mol. The van der Waals surface area contributed by atoms with E-state index in [9.17, 15) is 9.59 Å². The lowest BCUT2D eigenvalue weighted by Gasteiger charge is -2.30. The van der Waals surface area contributed by atoms with Gasteiger partial charge in [-0.05, 0) is 36.8 Å². The van der Waals surface area contributed by atoms with Crippen LogP contribution >= 0.6 is 11.3 Å². The second-order valence-corrected chi connectivity index (χ2v) is 6.85. The topological polar surface area (TPSA) is 57.6 Å². The lowest BCUT2D eigenvalue weighted by molar-refractivity contribution is -0.143. The van der Waals surface area contributed by atoms with Gasteiger partial charge in [-0.1, -0.05) is 29.8 Å². The molecule has 0 unspecified atom stereocenters. The molecule has 1 fully saturated rings. The number of benzene rings is 1.